The van der Waals surface area contributed by atoms with E-state index in [4.69, 9.17) is 40.2 Å². The Morgan fingerprint density at radius 1 is 0.717 bits per heavy atom. The van der Waals surface area contributed by atoms with E-state index in [1.807, 2.05) is 32.4 Å². The molecular weight excluding hydrogens is 646 g/mol. The molecule has 0 aliphatic rings. The first kappa shape index (κ1) is 51.6. The van der Waals surface area contributed by atoms with Gasteiger partial charge in [0, 0.05) is 19.2 Å². The van der Waals surface area contributed by atoms with Crippen LogP contribution in [0.5, 0.6) is 0 Å². The minimum Gasteiger partial charge on any atom is -0.447 e. The number of likely N-dealkylation sites (N-methyl/N-ethyl adjacent to an activating group) is 1. The van der Waals surface area contributed by atoms with Gasteiger partial charge in [0.1, 0.15) is 6.61 Å². The molecule has 2 atom stereocenters. The highest BCUT2D eigenvalue weighted by Crippen LogP contribution is 2.53. The first-order valence-electron chi connectivity index (χ1n) is 15.1. The first-order valence-corrected chi connectivity index (χ1v) is 18.2. The summed E-state index contributed by atoms with van der Waals surface area (Å²) in [6, 6.07) is 0. The van der Waals surface area contributed by atoms with Gasteiger partial charge >= 0.3 is 21.4 Å². The number of nitrogens with zero attached hydrogens (tertiary/aromatic N) is 4. The van der Waals surface area contributed by atoms with Crippen molar-refractivity contribution in [1.82, 2.24) is 18.7 Å². The maximum Gasteiger partial charge on any atom is 0.404 e. The first-order chi connectivity index (χ1) is 21.1. The Labute approximate surface area is 277 Å². The number of primary amides is 2. The van der Waals surface area contributed by atoms with Gasteiger partial charge < -0.3 is 44.9 Å². The van der Waals surface area contributed by atoms with Gasteiger partial charge in [-0.25, -0.2) is 23.5 Å². The van der Waals surface area contributed by atoms with Crippen molar-refractivity contribution < 1.29 is 52.2 Å². The number of carbonyl (C=O) groups excluding carboxylic acids is 2. The van der Waals surface area contributed by atoms with Crippen LogP contribution in [0.3, 0.4) is 0 Å². The zero-order valence-electron chi connectivity index (χ0n) is 30.5. The molecule has 0 aliphatic heterocycles. The summed E-state index contributed by atoms with van der Waals surface area (Å²) in [5, 5.41) is 16.4. The molecule has 0 saturated heterocycles. The molecule has 0 heterocycles. The molecule has 6 N–H and O–H groups in total. The van der Waals surface area contributed by atoms with Gasteiger partial charge in [0.15, 0.2) is 0 Å². The van der Waals surface area contributed by atoms with Crippen LogP contribution in [0, 0.1) is 0 Å². The third-order valence-electron chi connectivity index (χ3n) is 4.69. The highest BCUT2D eigenvalue weighted by Gasteiger charge is 2.34. The van der Waals surface area contributed by atoms with E-state index in [1.165, 1.54) is 9.34 Å². The highest BCUT2D eigenvalue weighted by atomic mass is 31.2. The third-order valence-corrected chi connectivity index (χ3v) is 10.4. The number of aliphatic hydroxyl groups is 2. The van der Waals surface area contributed by atoms with Crippen molar-refractivity contribution in [3.05, 3.63) is 0 Å². The molecule has 0 aromatic carbocycles. The zero-order valence-corrected chi connectivity index (χ0v) is 32.3. The van der Waals surface area contributed by atoms with E-state index in [0.717, 1.165) is 13.1 Å². The van der Waals surface area contributed by atoms with Crippen molar-refractivity contribution in [3.63, 3.8) is 0 Å². The van der Waals surface area contributed by atoms with E-state index in [-0.39, 0.29) is 38.1 Å². The van der Waals surface area contributed by atoms with Crippen LogP contribution < -0.4 is 11.5 Å². The quantitative estimate of drug-likeness (QED) is 0.105. The molecular formula is C27H66N6O11P2. The average molecular weight is 713 g/mol. The van der Waals surface area contributed by atoms with E-state index >= 15 is 0 Å². The van der Waals surface area contributed by atoms with E-state index in [1.54, 1.807) is 67.6 Å². The van der Waals surface area contributed by atoms with Crippen LogP contribution in [0.25, 0.3) is 0 Å². The van der Waals surface area contributed by atoms with Crippen molar-refractivity contribution in [1.29, 1.82) is 0 Å². The summed E-state index contributed by atoms with van der Waals surface area (Å²) in [7, 11) is 2.50. The van der Waals surface area contributed by atoms with Gasteiger partial charge in [-0.1, -0.05) is 13.8 Å². The maximum absolute atomic E-state index is 12.5. The monoisotopic (exact) mass is 712 g/mol. The van der Waals surface area contributed by atoms with Crippen LogP contribution in [0.1, 0.15) is 55.4 Å². The largest absolute Gasteiger partial charge is 0.447 e. The molecule has 19 heteroatoms. The molecule has 0 rings (SSSR count). The maximum atomic E-state index is 12.5. The Kier molecular flexibility index (Phi) is 33.6. The number of amides is 2. The summed E-state index contributed by atoms with van der Waals surface area (Å²) in [4.78, 5) is 20.8. The summed E-state index contributed by atoms with van der Waals surface area (Å²) in [5.41, 5.74) is 9.75. The second-order valence-corrected chi connectivity index (χ2v) is 15.8. The summed E-state index contributed by atoms with van der Waals surface area (Å²) in [6.45, 7) is 17.7. The number of hydrogen-bond donors (Lipinski definition) is 4. The minimum absolute atomic E-state index is 0.00475. The van der Waals surface area contributed by atoms with Crippen LogP contribution in [0.15, 0.2) is 0 Å². The van der Waals surface area contributed by atoms with Crippen LogP contribution in [-0.2, 0) is 37.2 Å². The normalized spacial score (nSPS) is 13.9. The lowest BCUT2D eigenvalue weighted by Gasteiger charge is -2.34. The molecule has 46 heavy (non-hydrogen) atoms. The summed E-state index contributed by atoms with van der Waals surface area (Å²) < 4.78 is 56.5. The number of aliphatic hydroxyl groups excluding tert-OH is 2. The summed E-state index contributed by atoms with van der Waals surface area (Å²) in [5.74, 6) is -0.535. The number of ether oxygens (including phenoxy) is 3. The Balaban J connectivity index is -0.000000272. The van der Waals surface area contributed by atoms with Gasteiger partial charge in [-0.3, -0.25) is 13.9 Å². The summed E-state index contributed by atoms with van der Waals surface area (Å²) >= 11 is 0. The SMILES string of the molecule is CC(C)O.CC(C)OP(=O)(N(C)C)N(C)CC(N)=O.CCN(CC)P(=O)(OC(C)C)N(C)C.NC(=O)OCCOCCOCCO. The third kappa shape index (κ3) is 29.0. The van der Waals surface area contributed by atoms with Crippen molar-refractivity contribution in [2.24, 2.45) is 11.5 Å². The highest BCUT2D eigenvalue weighted by molar-refractivity contribution is 7.54. The second-order valence-electron chi connectivity index (χ2n) is 10.6. The van der Waals surface area contributed by atoms with Crippen molar-refractivity contribution in [3.8, 4) is 0 Å². The van der Waals surface area contributed by atoms with Crippen LogP contribution in [-0.4, -0.2) is 154 Å². The van der Waals surface area contributed by atoms with Crippen LogP contribution in [0.4, 0.5) is 4.79 Å². The van der Waals surface area contributed by atoms with Gasteiger partial charge in [0.25, 0.3) is 0 Å². The zero-order chi connectivity index (χ0) is 37.1. The lowest BCUT2D eigenvalue weighted by atomic mass is 10.5. The van der Waals surface area contributed by atoms with Gasteiger partial charge in [-0.15, -0.1) is 0 Å². The molecule has 0 radical (unpaired) electrons. The second kappa shape index (κ2) is 29.9. The minimum atomic E-state index is -3.13. The van der Waals surface area contributed by atoms with Crippen molar-refractivity contribution in [2.75, 3.05) is 94.5 Å². The standard InChI is InChI=1S/C9H23N2O2P.C8H20N3O3P.C7H15NO5.C3H8O/c1-7-11(8-2)14(12,10(5)6)13-9(3)4;1-7(2)14-15(13,10(3)4)11(5)6-8(9)12;8-7(10)13-6-5-12-4-3-11-2-1-9;1-3(2)4/h9H,7-8H2,1-6H3;7H,6H2,1-5H3,(H2,9,12);9H,1-6H2,(H2,8,10);3-4H,1-2H3. The average Bonchev–Trinajstić information content (AvgIpc) is 2.89. The molecule has 0 bridgehead atoms. The number of carbonyl (C=O) groups is 2. The Morgan fingerprint density at radius 2 is 1.09 bits per heavy atom. The molecule has 2 unspecified atom stereocenters. The topological polar surface area (TPSA) is 220 Å². The molecule has 2 amide bonds. The fraction of sp³-hybridized carbons (Fsp3) is 0.926. The lowest BCUT2D eigenvalue weighted by Crippen LogP contribution is -2.34. The summed E-state index contributed by atoms with van der Waals surface area (Å²) in [6.07, 6.45) is -1.18. The molecule has 280 valence electrons. The van der Waals surface area contributed by atoms with E-state index in [0.29, 0.717) is 26.4 Å². The number of nitrogens with two attached hydrogens (primary N) is 2. The Morgan fingerprint density at radius 3 is 1.39 bits per heavy atom. The van der Waals surface area contributed by atoms with E-state index < -0.39 is 27.3 Å². The van der Waals surface area contributed by atoms with Gasteiger partial charge in [-0.05, 0) is 76.8 Å². The predicted octanol–water partition coefficient (Wildman–Crippen LogP) is 2.42. The predicted molar refractivity (Wildman–Crippen MR) is 181 cm³/mol. The lowest BCUT2D eigenvalue weighted by molar-refractivity contribution is -0.118. The molecule has 17 nitrogen and oxygen atoms in total. The molecule has 0 aromatic heterocycles. The fourth-order valence-corrected chi connectivity index (χ4v) is 6.85. The molecule has 0 aliphatic carbocycles. The molecule has 0 aromatic rings. The Hall–Kier alpha value is -1.20. The van der Waals surface area contributed by atoms with Crippen molar-refractivity contribution >= 4 is 27.3 Å². The smallest absolute Gasteiger partial charge is 0.404 e. The Bertz CT molecular complexity index is 846. The van der Waals surface area contributed by atoms with Crippen LogP contribution in [0.2, 0.25) is 0 Å². The van der Waals surface area contributed by atoms with E-state index in [2.05, 4.69) is 4.74 Å². The van der Waals surface area contributed by atoms with Crippen LogP contribution >= 0.6 is 15.3 Å². The molecule has 0 spiro atoms. The number of rotatable bonds is 20. The van der Waals surface area contributed by atoms with Crippen molar-refractivity contribution in [2.45, 2.75) is 73.7 Å². The van der Waals surface area contributed by atoms with Gasteiger partial charge in [-0.2, -0.15) is 0 Å². The fourth-order valence-electron chi connectivity index (χ4n) is 2.93. The molecule has 0 fully saturated rings. The van der Waals surface area contributed by atoms with E-state index in [9.17, 15) is 18.7 Å². The van der Waals surface area contributed by atoms with Gasteiger partial charge in [0.05, 0.1) is 51.8 Å². The molecule has 0 saturated carbocycles. The number of hydrogen-bond acceptors (Lipinski definition) is 11. The van der Waals surface area contributed by atoms with Gasteiger partial charge in [0.2, 0.25) is 5.91 Å².